The molecular formula is C23H34N4O6S. The molecule has 6 N–H and O–H groups in total. The Hall–Kier alpha value is -2.63. The Balaban J connectivity index is 2.17. The lowest BCUT2D eigenvalue weighted by Crippen LogP contribution is -2.58. The fourth-order valence-electron chi connectivity index (χ4n) is 3.85. The summed E-state index contributed by atoms with van der Waals surface area (Å²) in [5.41, 5.74) is 6.78. The van der Waals surface area contributed by atoms with Crippen LogP contribution in [0.2, 0.25) is 0 Å². The Labute approximate surface area is 203 Å². The molecule has 1 heterocycles. The van der Waals surface area contributed by atoms with Crippen molar-refractivity contribution in [2.75, 3.05) is 18.6 Å². The zero-order chi connectivity index (χ0) is 25.3. The van der Waals surface area contributed by atoms with Crippen LogP contribution in [0.5, 0.6) is 0 Å². The third-order valence-corrected chi connectivity index (χ3v) is 6.39. The van der Waals surface area contributed by atoms with E-state index in [9.17, 15) is 29.4 Å². The fourth-order valence-corrected chi connectivity index (χ4v) is 4.34. The summed E-state index contributed by atoms with van der Waals surface area (Å²) >= 11 is 1.58. The highest BCUT2D eigenvalue weighted by Gasteiger charge is 2.38. The minimum atomic E-state index is -1.53. The topological polar surface area (TPSA) is 162 Å². The average molecular weight is 495 g/mol. The van der Waals surface area contributed by atoms with Gasteiger partial charge in [0.2, 0.25) is 17.7 Å². The van der Waals surface area contributed by atoms with Crippen LogP contribution in [-0.2, 0) is 25.6 Å². The maximum atomic E-state index is 13.2. The summed E-state index contributed by atoms with van der Waals surface area (Å²) in [6.45, 7) is 1.66. The number of carbonyl (C=O) groups excluding carboxylic acids is 3. The SMILES string of the molecule is CSCCC(N)C(=O)N1CCCC1C(=O)NC(Cc1ccccc1)C(=O)NC(C(=O)O)C(C)O. The molecule has 3 amide bonds. The van der Waals surface area contributed by atoms with Gasteiger partial charge in [0, 0.05) is 13.0 Å². The molecule has 11 heteroatoms. The van der Waals surface area contributed by atoms with Gasteiger partial charge in [-0.2, -0.15) is 11.8 Å². The van der Waals surface area contributed by atoms with E-state index in [1.165, 1.54) is 11.8 Å². The van der Waals surface area contributed by atoms with Crippen molar-refractivity contribution in [1.29, 1.82) is 0 Å². The van der Waals surface area contributed by atoms with Crippen LogP contribution in [0.25, 0.3) is 0 Å². The van der Waals surface area contributed by atoms with Gasteiger partial charge in [-0.15, -0.1) is 0 Å². The van der Waals surface area contributed by atoms with E-state index >= 15 is 0 Å². The summed E-state index contributed by atoms with van der Waals surface area (Å²) in [6, 6.07) is 4.87. The Kier molecular flexibility index (Phi) is 10.8. The molecule has 1 fully saturated rings. The highest BCUT2D eigenvalue weighted by Crippen LogP contribution is 2.20. The first-order valence-corrected chi connectivity index (χ1v) is 12.7. The standard InChI is InChI=1S/C23H34N4O6S/c1-14(28)19(23(32)33)26-20(29)17(13-15-7-4-3-5-8-15)25-21(30)18-9-6-11-27(18)22(31)16(24)10-12-34-2/h3-5,7-8,14,16-19,28H,6,9-13,24H2,1-2H3,(H,25,30)(H,26,29)(H,32,33). The fraction of sp³-hybridized carbons (Fsp3) is 0.565. The molecule has 5 atom stereocenters. The van der Waals surface area contributed by atoms with E-state index < -0.39 is 48.1 Å². The van der Waals surface area contributed by atoms with Gasteiger partial charge < -0.3 is 31.5 Å². The van der Waals surface area contributed by atoms with Gasteiger partial charge in [0.25, 0.3) is 0 Å². The Bertz CT molecular complexity index is 853. The molecule has 1 aromatic rings. The van der Waals surface area contributed by atoms with Gasteiger partial charge in [0.05, 0.1) is 12.1 Å². The number of nitrogens with two attached hydrogens (primary N) is 1. The molecule has 2 rings (SSSR count). The van der Waals surface area contributed by atoms with E-state index in [0.717, 1.165) is 11.3 Å². The van der Waals surface area contributed by atoms with Crippen LogP contribution in [0.1, 0.15) is 31.7 Å². The van der Waals surface area contributed by atoms with Crippen molar-refractivity contribution >= 4 is 35.5 Å². The zero-order valence-corrected chi connectivity index (χ0v) is 20.3. The van der Waals surface area contributed by atoms with Gasteiger partial charge in [0.1, 0.15) is 12.1 Å². The lowest BCUT2D eigenvalue weighted by atomic mass is 10.0. The summed E-state index contributed by atoms with van der Waals surface area (Å²) < 4.78 is 0. The third-order valence-electron chi connectivity index (χ3n) is 5.75. The molecule has 188 valence electrons. The normalized spacial score (nSPS) is 19.1. The van der Waals surface area contributed by atoms with E-state index in [0.29, 0.717) is 25.8 Å². The van der Waals surface area contributed by atoms with Gasteiger partial charge >= 0.3 is 5.97 Å². The van der Waals surface area contributed by atoms with E-state index in [-0.39, 0.29) is 12.3 Å². The van der Waals surface area contributed by atoms with Crippen molar-refractivity contribution < 1.29 is 29.4 Å². The van der Waals surface area contributed by atoms with E-state index in [1.807, 2.05) is 12.3 Å². The molecule has 5 unspecified atom stereocenters. The molecule has 0 bridgehead atoms. The van der Waals surface area contributed by atoms with Crippen molar-refractivity contribution in [2.24, 2.45) is 5.73 Å². The average Bonchev–Trinajstić information content (AvgIpc) is 3.30. The third kappa shape index (κ3) is 7.71. The molecule has 1 aliphatic rings. The molecule has 0 radical (unpaired) electrons. The molecule has 1 saturated heterocycles. The van der Waals surface area contributed by atoms with Crippen LogP contribution in [-0.4, -0.2) is 87.6 Å². The predicted molar refractivity (Wildman–Crippen MR) is 129 cm³/mol. The number of hydrogen-bond acceptors (Lipinski definition) is 7. The number of aliphatic hydroxyl groups excluding tert-OH is 1. The number of rotatable bonds is 12. The van der Waals surface area contributed by atoms with Crippen LogP contribution in [0.3, 0.4) is 0 Å². The highest BCUT2D eigenvalue weighted by atomic mass is 32.2. The number of carboxylic acid groups (broad SMARTS) is 1. The van der Waals surface area contributed by atoms with E-state index in [2.05, 4.69) is 10.6 Å². The zero-order valence-electron chi connectivity index (χ0n) is 19.5. The number of aliphatic carboxylic acids is 1. The number of benzene rings is 1. The Morgan fingerprint density at radius 3 is 2.47 bits per heavy atom. The number of amides is 3. The second kappa shape index (κ2) is 13.3. The summed E-state index contributed by atoms with van der Waals surface area (Å²) in [4.78, 5) is 51.8. The molecule has 0 saturated carbocycles. The van der Waals surface area contributed by atoms with Crippen LogP contribution < -0.4 is 16.4 Å². The minimum Gasteiger partial charge on any atom is -0.480 e. The van der Waals surface area contributed by atoms with Gasteiger partial charge in [-0.3, -0.25) is 14.4 Å². The number of nitrogens with one attached hydrogen (secondary N) is 2. The van der Waals surface area contributed by atoms with Gasteiger partial charge in [-0.05, 0) is 43.8 Å². The van der Waals surface area contributed by atoms with Gasteiger partial charge in [-0.1, -0.05) is 30.3 Å². The number of carboxylic acids is 1. The second-order valence-electron chi connectivity index (χ2n) is 8.39. The number of aliphatic hydroxyl groups is 1. The van der Waals surface area contributed by atoms with Crippen molar-refractivity contribution in [3.8, 4) is 0 Å². The van der Waals surface area contributed by atoms with Crippen molar-refractivity contribution in [2.45, 2.75) is 62.9 Å². The molecule has 0 aliphatic carbocycles. The van der Waals surface area contributed by atoms with Crippen LogP contribution in [0.4, 0.5) is 0 Å². The summed E-state index contributed by atoms with van der Waals surface area (Å²) in [5, 5.41) is 24.0. The molecule has 1 aromatic carbocycles. The smallest absolute Gasteiger partial charge is 0.328 e. The van der Waals surface area contributed by atoms with E-state index in [1.54, 1.807) is 36.0 Å². The molecule has 34 heavy (non-hydrogen) atoms. The minimum absolute atomic E-state index is 0.110. The number of thioether (sulfide) groups is 1. The van der Waals surface area contributed by atoms with Crippen molar-refractivity contribution in [1.82, 2.24) is 15.5 Å². The maximum absolute atomic E-state index is 13.2. The van der Waals surface area contributed by atoms with Crippen LogP contribution in [0.15, 0.2) is 30.3 Å². The van der Waals surface area contributed by atoms with Gasteiger partial charge in [0.15, 0.2) is 6.04 Å². The largest absolute Gasteiger partial charge is 0.480 e. The summed E-state index contributed by atoms with van der Waals surface area (Å²) in [7, 11) is 0. The number of hydrogen-bond donors (Lipinski definition) is 5. The Morgan fingerprint density at radius 1 is 1.21 bits per heavy atom. The lowest BCUT2D eigenvalue weighted by molar-refractivity contribution is -0.145. The summed E-state index contributed by atoms with van der Waals surface area (Å²) in [5.74, 6) is -2.19. The van der Waals surface area contributed by atoms with Gasteiger partial charge in [-0.25, -0.2) is 4.79 Å². The highest BCUT2D eigenvalue weighted by molar-refractivity contribution is 7.98. The first-order chi connectivity index (χ1) is 16.1. The number of carbonyl (C=O) groups is 4. The van der Waals surface area contributed by atoms with Crippen LogP contribution in [0, 0.1) is 0 Å². The molecular weight excluding hydrogens is 460 g/mol. The molecule has 0 spiro atoms. The number of nitrogens with zero attached hydrogens (tertiary/aromatic N) is 1. The Morgan fingerprint density at radius 2 is 1.88 bits per heavy atom. The quantitative estimate of drug-likeness (QED) is 0.265. The first-order valence-electron chi connectivity index (χ1n) is 11.3. The lowest BCUT2D eigenvalue weighted by Gasteiger charge is -2.29. The first kappa shape index (κ1) is 27.6. The van der Waals surface area contributed by atoms with Crippen molar-refractivity contribution in [3.63, 3.8) is 0 Å². The number of likely N-dealkylation sites (tertiary alicyclic amines) is 1. The predicted octanol–water partition coefficient (Wildman–Crippen LogP) is -0.264. The molecule has 10 nitrogen and oxygen atoms in total. The maximum Gasteiger partial charge on any atom is 0.328 e. The van der Waals surface area contributed by atoms with Crippen LogP contribution >= 0.6 is 11.8 Å². The van der Waals surface area contributed by atoms with E-state index in [4.69, 9.17) is 5.73 Å². The second-order valence-corrected chi connectivity index (χ2v) is 9.38. The van der Waals surface area contributed by atoms with Crippen molar-refractivity contribution in [3.05, 3.63) is 35.9 Å². The molecule has 0 aromatic heterocycles. The summed E-state index contributed by atoms with van der Waals surface area (Å²) in [6.07, 6.45) is 2.28. The monoisotopic (exact) mass is 494 g/mol. The molecule has 1 aliphatic heterocycles.